The van der Waals surface area contributed by atoms with E-state index in [-0.39, 0.29) is 5.82 Å². The summed E-state index contributed by atoms with van der Waals surface area (Å²) in [5.41, 5.74) is 3.36. The second-order valence-electron chi connectivity index (χ2n) is 5.71. The quantitative estimate of drug-likeness (QED) is 0.936. The van der Waals surface area contributed by atoms with Gasteiger partial charge in [-0.25, -0.2) is 4.39 Å². The SMILES string of the molecule is CCn1nc(Cc2cccc(F)c2)cc1C1CCNCC1. The summed E-state index contributed by atoms with van der Waals surface area (Å²) in [6.45, 7) is 5.18. The minimum absolute atomic E-state index is 0.180. The highest BCUT2D eigenvalue weighted by Gasteiger charge is 2.20. The summed E-state index contributed by atoms with van der Waals surface area (Å²) in [6, 6.07) is 9.00. The van der Waals surface area contributed by atoms with Crippen LogP contribution in [-0.2, 0) is 13.0 Å². The van der Waals surface area contributed by atoms with Gasteiger partial charge in [-0.15, -0.1) is 0 Å². The first kappa shape index (κ1) is 14.3. The van der Waals surface area contributed by atoms with Gasteiger partial charge in [0.15, 0.2) is 0 Å². The molecule has 4 heteroatoms. The molecule has 0 unspecified atom stereocenters. The Balaban J connectivity index is 1.81. The van der Waals surface area contributed by atoms with Crippen LogP contribution in [0.25, 0.3) is 0 Å². The molecule has 1 aliphatic heterocycles. The number of aryl methyl sites for hydroxylation is 1. The normalized spacial score (nSPS) is 16.3. The maximum Gasteiger partial charge on any atom is 0.123 e. The maximum atomic E-state index is 13.3. The zero-order chi connectivity index (χ0) is 14.7. The second-order valence-corrected chi connectivity index (χ2v) is 5.71. The van der Waals surface area contributed by atoms with Crippen LogP contribution in [0.5, 0.6) is 0 Å². The zero-order valence-corrected chi connectivity index (χ0v) is 12.5. The van der Waals surface area contributed by atoms with Gasteiger partial charge in [-0.1, -0.05) is 12.1 Å². The predicted octanol–water partition coefficient (Wildman–Crippen LogP) is 3.10. The second kappa shape index (κ2) is 6.39. The van der Waals surface area contributed by atoms with Gasteiger partial charge >= 0.3 is 0 Å². The molecule has 3 nitrogen and oxygen atoms in total. The number of benzene rings is 1. The molecule has 0 bridgehead atoms. The molecule has 1 aliphatic rings. The summed E-state index contributed by atoms with van der Waals surface area (Å²) in [7, 11) is 0. The van der Waals surface area contributed by atoms with Crippen molar-refractivity contribution in [3.63, 3.8) is 0 Å². The minimum atomic E-state index is -0.180. The van der Waals surface area contributed by atoms with E-state index in [4.69, 9.17) is 5.10 Å². The third-order valence-electron chi connectivity index (χ3n) is 4.19. The molecule has 0 atom stereocenters. The standard InChI is InChI=1S/C17H22FN3/c1-2-21-17(14-6-8-19-9-7-14)12-16(20-21)11-13-4-3-5-15(18)10-13/h3-5,10,12,14,19H,2,6-9,11H2,1H3. The van der Waals surface area contributed by atoms with E-state index in [0.29, 0.717) is 12.3 Å². The minimum Gasteiger partial charge on any atom is -0.317 e. The van der Waals surface area contributed by atoms with Crippen LogP contribution in [0.3, 0.4) is 0 Å². The highest BCUT2D eigenvalue weighted by molar-refractivity contribution is 5.25. The number of rotatable bonds is 4. The third kappa shape index (κ3) is 3.32. The summed E-state index contributed by atoms with van der Waals surface area (Å²) in [5.74, 6) is 0.418. The van der Waals surface area contributed by atoms with Gasteiger partial charge in [0, 0.05) is 24.6 Å². The number of aromatic nitrogens is 2. The van der Waals surface area contributed by atoms with Crippen molar-refractivity contribution in [1.82, 2.24) is 15.1 Å². The molecule has 1 aromatic carbocycles. The molecule has 3 rings (SSSR count). The number of halogens is 1. The van der Waals surface area contributed by atoms with Crippen LogP contribution in [0.2, 0.25) is 0 Å². The summed E-state index contributed by atoms with van der Waals surface area (Å²) >= 11 is 0. The smallest absolute Gasteiger partial charge is 0.123 e. The molecular weight excluding hydrogens is 265 g/mol. The Hall–Kier alpha value is -1.68. The molecule has 0 aliphatic carbocycles. The summed E-state index contributed by atoms with van der Waals surface area (Å²) < 4.78 is 15.4. The van der Waals surface area contributed by atoms with E-state index in [2.05, 4.69) is 23.0 Å². The molecule has 2 heterocycles. The largest absolute Gasteiger partial charge is 0.317 e. The summed E-state index contributed by atoms with van der Waals surface area (Å²) in [6.07, 6.45) is 3.04. The molecule has 2 aromatic rings. The van der Waals surface area contributed by atoms with Gasteiger partial charge in [-0.2, -0.15) is 5.10 Å². The lowest BCUT2D eigenvalue weighted by Crippen LogP contribution is -2.27. The Bertz CT molecular complexity index is 600. The van der Waals surface area contributed by atoms with Crippen LogP contribution < -0.4 is 5.32 Å². The maximum absolute atomic E-state index is 13.3. The number of nitrogens with one attached hydrogen (secondary N) is 1. The van der Waals surface area contributed by atoms with E-state index in [0.717, 1.165) is 30.9 Å². The van der Waals surface area contributed by atoms with E-state index in [1.165, 1.54) is 24.6 Å². The molecular formula is C17H22FN3. The summed E-state index contributed by atoms with van der Waals surface area (Å²) in [5, 5.41) is 8.11. The lowest BCUT2D eigenvalue weighted by molar-refractivity contribution is 0.432. The lowest BCUT2D eigenvalue weighted by Gasteiger charge is -2.23. The third-order valence-corrected chi connectivity index (χ3v) is 4.19. The molecule has 1 fully saturated rings. The summed E-state index contributed by atoms with van der Waals surface area (Å²) in [4.78, 5) is 0. The zero-order valence-electron chi connectivity index (χ0n) is 12.5. The van der Waals surface area contributed by atoms with Gasteiger partial charge in [-0.05, 0) is 56.6 Å². The molecule has 1 N–H and O–H groups in total. The van der Waals surface area contributed by atoms with Crippen LogP contribution >= 0.6 is 0 Å². The first-order valence-electron chi connectivity index (χ1n) is 7.78. The molecule has 0 radical (unpaired) electrons. The number of nitrogens with zero attached hydrogens (tertiary/aromatic N) is 2. The fourth-order valence-electron chi connectivity index (χ4n) is 3.13. The Labute approximate surface area is 125 Å². The van der Waals surface area contributed by atoms with Crippen molar-refractivity contribution in [2.24, 2.45) is 0 Å². The Morgan fingerprint density at radius 3 is 2.81 bits per heavy atom. The molecule has 1 aromatic heterocycles. The van der Waals surface area contributed by atoms with Gasteiger partial charge < -0.3 is 5.32 Å². The van der Waals surface area contributed by atoms with Crippen molar-refractivity contribution in [2.75, 3.05) is 13.1 Å². The van der Waals surface area contributed by atoms with Gasteiger partial charge in [0.2, 0.25) is 0 Å². The van der Waals surface area contributed by atoms with Crippen LogP contribution in [0.1, 0.15) is 42.6 Å². The number of piperidine rings is 1. The van der Waals surface area contributed by atoms with Gasteiger partial charge in [0.05, 0.1) is 5.69 Å². The van der Waals surface area contributed by atoms with Crippen LogP contribution in [0.4, 0.5) is 4.39 Å². The number of hydrogen-bond donors (Lipinski definition) is 1. The van der Waals surface area contributed by atoms with E-state index >= 15 is 0 Å². The van der Waals surface area contributed by atoms with Gasteiger partial charge in [0.1, 0.15) is 5.82 Å². The average Bonchev–Trinajstić information content (AvgIpc) is 2.91. The fourth-order valence-corrected chi connectivity index (χ4v) is 3.13. The highest BCUT2D eigenvalue weighted by Crippen LogP contribution is 2.26. The molecule has 1 saturated heterocycles. The van der Waals surface area contributed by atoms with Crippen molar-refractivity contribution < 1.29 is 4.39 Å². The molecule has 0 spiro atoms. The lowest BCUT2D eigenvalue weighted by atomic mass is 9.94. The molecule has 0 saturated carbocycles. The van der Waals surface area contributed by atoms with Crippen LogP contribution in [0.15, 0.2) is 30.3 Å². The molecule has 112 valence electrons. The molecule has 0 amide bonds. The topological polar surface area (TPSA) is 29.9 Å². The van der Waals surface area contributed by atoms with Crippen molar-refractivity contribution in [2.45, 2.75) is 38.6 Å². The van der Waals surface area contributed by atoms with E-state index in [1.807, 2.05) is 6.07 Å². The van der Waals surface area contributed by atoms with Crippen LogP contribution in [0, 0.1) is 5.82 Å². The van der Waals surface area contributed by atoms with Crippen molar-refractivity contribution in [1.29, 1.82) is 0 Å². The molecule has 21 heavy (non-hydrogen) atoms. The van der Waals surface area contributed by atoms with E-state index < -0.39 is 0 Å². The Morgan fingerprint density at radius 1 is 1.29 bits per heavy atom. The first-order chi connectivity index (χ1) is 10.3. The van der Waals surface area contributed by atoms with Gasteiger partial charge in [-0.3, -0.25) is 4.68 Å². The number of hydrogen-bond acceptors (Lipinski definition) is 2. The van der Waals surface area contributed by atoms with Crippen LogP contribution in [-0.4, -0.2) is 22.9 Å². The van der Waals surface area contributed by atoms with E-state index in [9.17, 15) is 4.39 Å². The Morgan fingerprint density at radius 2 is 2.10 bits per heavy atom. The Kier molecular flexibility index (Phi) is 4.34. The fraction of sp³-hybridized carbons (Fsp3) is 0.471. The van der Waals surface area contributed by atoms with Crippen molar-refractivity contribution in [3.8, 4) is 0 Å². The van der Waals surface area contributed by atoms with E-state index in [1.54, 1.807) is 12.1 Å². The van der Waals surface area contributed by atoms with Gasteiger partial charge in [0.25, 0.3) is 0 Å². The van der Waals surface area contributed by atoms with Crippen molar-refractivity contribution >= 4 is 0 Å². The average molecular weight is 287 g/mol. The highest BCUT2D eigenvalue weighted by atomic mass is 19.1. The van der Waals surface area contributed by atoms with Crippen molar-refractivity contribution in [3.05, 3.63) is 53.1 Å². The monoisotopic (exact) mass is 287 g/mol. The predicted molar refractivity (Wildman–Crippen MR) is 82.0 cm³/mol. The first-order valence-corrected chi connectivity index (χ1v) is 7.78.